The molecule has 102 valence electrons. The molecule has 0 aliphatic carbocycles. The molecule has 0 saturated carbocycles. The maximum Gasteiger partial charge on any atom is 0.204 e. The Kier molecular flexibility index (Phi) is 6.25. The van der Waals surface area contributed by atoms with Gasteiger partial charge >= 0.3 is 0 Å². The number of nitrogens with one attached hydrogen (secondary N) is 2. The van der Waals surface area contributed by atoms with Gasteiger partial charge < -0.3 is 15.4 Å². The van der Waals surface area contributed by atoms with E-state index in [1.165, 1.54) is 0 Å². The molecule has 18 heavy (non-hydrogen) atoms. The first kappa shape index (κ1) is 14.5. The van der Waals surface area contributed by atoms with Crippen LogP contribution in [0.2, 0.25) is 0 Å². The van der Waals surface area contributed by atoms with E-state index in [0.717, 1.165) is 37.6 Å². The highest BCUT2D eigenvalue weighted by Crippen LogP contribution is 2.28. The van der Waals surface area contributed by atoms with Gasteiger partial charge in [-0.3, -0.25) is 0 Å². The normalized spacial score (nSPS) is 10.5. The number of aromatic nitrogens is 2. The third-order valence-electron chi connectivity index (χ3n) is 2.56. The van der Waals surface area contributed by atoms with Gasteiger partial charge in [0.15, 0.2) is 11.6 Å². The lowest BCUT2D eigenvalue weighted by molar-refractivity contribution is 0.414. The summed E-state index contributed by atoms with van der Waals surface area (Å²) in [6.45, 7) is 8.28. The minimum Gasteiger partial charge on any atom is -0.490 e. The summed E-state index contributed by atoms with van der Waals surface area (Å²) >= 11 is 0. The predicted octanol–water partition coefficient (Wildman–Crippen LogP) is 2.77. The first-order valence-electron chi connectivity index (χ1n) is 6.55. The zero-order valence-electron chi connectivity index (χ0n) is 11.8. The number of nitrogens with zero attached hydrogens (tertiary/aromatic N) is 2. The molecule has 0 amide bonds. The molecule has 1 aromatic rings. The van der Waals surface area contributed by atoms with Gasteiger partial charge in [-0.15, -0.1) is 0 Å². The zero-order valence-corrected chi connectivity index (χ0v) is 11.8. The summed E-state index contributed by atoms with van der Waals surface area (Å²) in [6.07, 6.45) is 3.70. The zero-order chi connectivity index (χ0) is 13.4. The Bertz CT molecular complexity index is 355. The van der Waals surface area contributed by atoms with Crippen molar-refractivity contribution in [3.05, 3.63) is 6.33 Å². The summed E-state index contributed by atoms with van der Waals surface area (Å²) in [5.74, 6) is 2.87. The van der Waals surface area contributed by atoms with Crippen molar-refractivity contribution >= 4 is 11.6 Å². The van der Waals surface area contributed by atoms with E-state index in [4.69, 9.17) is 4.74 Å². The molecule has 0 fully saturated rings. The molecule has 0 unspecified atom stereocenters. The van der Waals surface area contributed by atoms with Gasteiger partial charge in [0.05, 0.1) is 7.11 Å². The summed E-state index contributed by atoms with van der Waals surface area (Å²) in [5.41, 5.74) is 0. The first-order valence-corrected chi connectivity index (χ1v) is 6.55. The van der Waals surface area contributed by atoms with Crippen molar-refractivity contribution in [2.75, 3.05) is 30.8 Å². The van der Waals surface area contributed by atoms with Crippen LogP contribution in [-0.4, -0.2) is 30.2 Å². The first-order chi connectivity index (χ1) is 8.69. The van der Waals surface area contributed by atoms with E-state index in [1.54, 1.807) is 13.4 Å². The van der Waals surface area contributed by atoms with Gasteiger partial charge in [-0.1, -0.05) is 20.8 Å². The van der Waals surface area contributed by atoms with E-state index in [9.17, 15) is 0 Å². The molecule has 0 aliphatic heterocycles. The Balaban J connectivity index is 2.71. The maximum atomic E-state index is 5.38. The van der Waals surface area contributed by atoms with E-state index in [1.807, 2.05) is 0 Å². The average Bonchev–Trinajstić information content (AvgIpc) is 2.36. The molecule has 0 spiro atoms. The van der Waals surface area contributed by atoms with Gasteiger partial charge in [0.25, 0.3) is 0 Å². The van der Waals surface area contributed by atoms with E-state index < -0.39 is 0 Å². The monoisotopic (exact) mass is 252 g/mol. The smallest absolute Gasteiger partial charge is 0.204 e. The molecule has 5 heteroatoms. The lowest BCUT2D eigenvalue weighted by Gasteiger charge is -2.14. The fourth-order valence-corrected chi connectivity index (χ4v) is 1.54. The molecular formula is C13H24N4O. The van der Waals surface area contributed by atoms with Crippen molar-refractivity contribution in [1.29, 1.82) is 0 Å². The number of methoxy groups -OCH3 is 1. The topological polar surface area (TPSA) is 59.1 Å². The summed E-state index contributed by atoms with van der Waals surface area (Å²) < 4.78 is 5.38. The quantitative estimate of drug-likeness (QED) is 0.745. The second-order valence-corrected chi connectivity index (χ2v) is 4.64. The number of hydrogen-bond acceptors (Lipinski definition) is 5. The average molecular weight is 252 g/mol. The van der Waals surface area contributed by atoms with Crippen LogP contribution in [0.3, 0.4) is 0 Å². The number of hydrogen-bond donors (Lipinski definition) is 2. The van der Waals surface area contributed by atoms with Crippen LogP contribution in [0, 0.1) is 5.92 Å². The van der Waals surface area contributed by atoms with Crippen LogP contribution in [-0.2, 0) is 0 Å². The van der Waals surface area contributed by atoms with Crippen molar-refractivity contribution in [3.63, 3.8) is 0 Å². The highest BCUT2D eigenvalue weighted by molar-refractivity contribution is 5.63. The highest BCUT2D eigenvalue weighted by Gasteiger charge is 2.11. The minimum absolute atomic E-state index is 0.669. The third kappa shape index (κ3) is 4.39. The van der Waals surface area contributed by atoms with Gasteiger partial charge in [-0.2, -0.15) is 0 Å². The number of ether oxygens (including phenoxy) is 1. The van der Waals surface area contributed by atoms with Crippen LogP contribution in [0.4, 0.5) is 11.6 Å². The molecule has 0 radical (unpaired) electrons. The molecular weight excluding hydrogens is 228 g/mol. The van der Waals surface area contributed by atoms with Crippen molar-refractivity contribution < 1.29 is 4.74 Å². The third-order valence-corrected chi connectivity index (χ3v) is 2.56. The van der Waals surface area contributed by atoms with Crippen LogP contribution in [0.25, 0.3) is 0 Å². The molecule has 5 nitrogen and oxygen atoms in total. The summed E-state index contributed by atoms with van der Waals surface area (Å²) in [6, 6.07) is 0. The van der Waals surface area contributed by atoms with Crippen LogP contribution >= 0.6 is 0 Å². The van der Waals surface area contributed by atoms with Gasteiger partial charge in [-0.05, 0) is 18.8 Å². The summed E-state index contributed by atoms with van der Waals surface area (Å²) in [4.78, 5) is 8.43. The Morgan fingerprint density at radius 2 is 1.78 bits per heavy atom. The molecule has 0 atom stereocenters. The predicted molar refractivity (Wildman–Crippen MR) is 75.3 cm³/mol. The highest BCUT2D eigenvalue weighted by atomic mass is 16.5. The lowest BCUT2D eigenvalue weighted by atomic mass is 10.1. The fourth-order valence-electron chi connectivity index (χ4n) is 1.54. The number of anilines is 2. The number of rotatable bonds is 8. The molecule has 1 rings (SSSR count). The van der Waals surface area contributed by atoms with Gasteiger partial charge in [-0.25, -0.2) is 9.97 Å². The SMILES string of the molecule is CCCNc1ncnc(NCCC(C)C)c1OC. The van der Waals surface area contributed by atoms with Crippen LogP contribution < -0.4 is 15.4 Å². The van der Waals surface area contributed by atoms with Gasteiger partial charge in [0.1, 0.15) is 6.33 Å². The van der Waals surface area contributed by atoms with Crippen LogP contribution in [0.1, 0.15) is 33.6 Å². The summed E-state index contributed by atoms with van der Waals surface area (Å²) in [7, 11) is 1.64. The Hall–Kier alpha value is -1.52. The van der Waals surface area contributed by atoms with Gasteiger partial charge in [0, 0.05) is 13.1 Å². The largest absolute Gasteiger partial charge is 0.490 e. The Labute approximate surface area is 109 Å². The standard InChI is InChI=1S/C13H24N4O/c1-5-7-14-12-11(18-4)13(17-9-16-12)15-8-6-10(2)3/h9-10H,5-8H2,1-4H3,(H2,14,15,16,17). The molecule has 1 aromatic heterocycles. The molecule has 0 saturated heterocycles. The van der Waals surface area contributed by atoms with E-state index >= 15 is 0 Å². The summed E-state index contributed by atoms with van der Waals surface area (Å²) in [5, 5.41) is 6.53. The molecule has 2 N–H and O–H groups in total. The minimum atomic E-state index is 0.669. The van der Waals surface area contributed by atoms with Gasteiger partial charge in [0.2, 0.25) is 5.75 Å². The fraction of sp³-hybridized carbons (Fsp3) is 0.692. The van der Waals surface area contributed by atoms with Crippen molar-refractivity contribution in [2.24, 2.45) is 5.92 Å². The van der Waals surface area contributed by atoms with Crippen molar-refractivity contribution in [1.82, 2.24) is 9.97 Å². The maximum absolute atomic E-state index is 5.38. The second-order valence-electron chi connectivity index (χ2n) is 4.64. The lowest BCUT2D eigenvalue weighted by Crippen LogP contribution is -2.10. The van der Waals surface area contributed by atoms with E-state index in [0.29, 0.717) is 11.7 Å². The van der Waals surface area contributed by atoms with Crippen molar-refractivity contribution in [3.8, 4) is 5.75 Å². The second kappa shape index (κ2) is 7.74. The van der Waals surface area contributed by atoms with Crippen LogP contribution in [0.5, 0.6) is 5.75 Å². The molecule has 0 aromatic carbocycles. The Morgan fingerprint density at radius 3 is 2.28 bits per heavy atom. The van der Waals surface area contributed by atoms with E-state index in [2.05, 4.69) is 41.4 Å². The Morgan fingerprint density at radius 1 is 1.17 bits per heavy atom. The molecule has 0 bridgehead atoms. The van der Waals surface area contributed by atoms with Crippen LogP contribution in [0.15, 0.2) is 6.33 Å². The van der Waals surface area contributed by atoms with Crippen molar-refractivity contribution in [2.45, 2.75) is 33.6 Å². The molecule has 0 aliphatic rings. The van der Waals surface area contributed by atoms with E-state index in [-0.39, 0.29) is 0 Å². The molecule has 1 heterocycles.